The SMILES string of the molecule is COC(=O)CCNC(=O)[C@@H]1OP(=O)(Oc2ccc(C(F)(F)I)cc2)OCC1(C)C. The number of halogens is 3. The van der Waals surface area contributed by atoms with Crippen molar-refractivity contribution >= 4 is 42.3 Å². The number of ether oxygens (including phenoxy) is 1. The molecule has 0 radical (unpaired) electrons. The standard InChI is InChI=1S/C17H21F2INO7P/c1-16(2)10-26-29(24,27-12-6-4-11(5-7-12)17(18,19)20)28-14(16)15(23)21-9-8-13(22)25-3/h4-7,14H,8-10H2,1-3H3,(H,21,23)/t14-,29?/m0/s1. The van der Waals surface area contributed by atoms with Gasteiger partial charge in [0.05, 0.1) is 20.1 Å². The molecule has 0 bridgehead atoms. The van der Waals surface area contributed by atoms with Gasteiger partial charge in [-0.15, -0.1) is 0 Å². The minimum absolute atomic E-state index is 0.0118. The van der Waals surface area contributed by atoms with Crippen LogP contribution in [-0.4, -0.2) is 38.2 Å². The van der Waals surface area contributed by atoms with Gasteiger partial charge in [-0.25, -0.2) is 4.57 Å². The average molecular weight is 547 g/mol. The molecule has 1 heterocycles. The van der Waals surface area contributed by atoms with Crippen LogP contribution in [0.3, 0.4) is 0 Å². The molecule has 1 saturated heterocycles. The summed E-state index contributed by atoms with van der Waals surface area (Å²) in [7, 11) is -2.95. The predicted molar refractivity (Wildman–Crippen MR) is 107 cm³/mol. The molecule has 0 spiro atoms. The molecule has 0 aliphatic carbocycles. The van der Waals surface area contributed by atoms with Crippen LogP contribution in [0.25, 0.3) is 0 Å². The lowest BCUT2D eigenvalue weighted by Gasteiger charge is -2.39. The van der Waals surface area contributed by atoms with Crippen LogP contribution in [0.4, 0.5) is 8.78 Å². The Hall–Kier alpha value is -1.30. The number of nitrogens with one attached hydrogen (secondary N) is 1. The van der Waals surface area contributed by atoms with Gasteiger partial charge in [0.25, 0.3) is 5.91 Å². The summed E-state index contributed by atoms with van der Waals surface area (Å²) in [6.45, 7) is 3.26. The zero-order valence-electron chi connectivity index (χ0n) is 15.9. The van der Waals surface area contributed by atoms with Crippen molar-refractivity contribution in [3.05, 3.63) is 29.8 Å². The first-order chi connectivity index (χ1) is 13.4. The van der Waals surface area contributed by atoms with Crippen LogP contribution >= 0.6 is 30.4 Å². The Morgan fingerprint density at radius 1 is 1.34 bits per heavy atom. The van der Waals surface area contributed by atoms with Crippen molar-refractivity contribution in [2.45, 2.75) is 30.3 Å². The highest BCUT2D eigenvalue weighted by Gasteiger charge is 2.50. The molecule has 29 heavy (non-hydrogen) atoms. The molecule has 1 aliphatic rings. The van der Waals surface area contributed by atoms with E-state index in [0.717, 1.165) is 34.7 Å². The summed E-state index contributed by atoms with van der Waals surface area (Å²) in [6, 6.07) is 4.66. The molecule has 1 aromatic rings. The lowest BCUT2D eigenvalue weighted by molar-refractivity contribution is -0.142. The molecule has 8 nitrogen and oxygen atoms in total. The number of benzene rings is 1. The number of esters is 1. The maximum Gasteiger partial charge on any atom is 0.530 e. The van der Waals surface area contributed by atoms with E-state index in [9.17, 15) is 22.9 Å². The fourth-order valence-corrected chi connectivity index (χ4v) is 4.42. The van der Waals surface area contributed by atoms with E-state index in [-0.39, 0.29) is 30.9 Å². The van der Waals surface area contributed by atoms with Crippen molar-refractivity contribution < 1.29 is 41.2 Å². The number of methoxy groups -OCH3 is 1. The maximum absolute atomic E-state index is 13.3. The summed E-state index contributed by atoms with van der Waals surface area (Å²) in [5.41, 5.74) is -1.09. The summed E-state index contributed by atoms with van der Waals surface area (Å²) in [5, 5.41) is 2.52. The molecule has 162 valence electrons. The lowest BCUT2D eigenvalue weighted by Crippen LogP contribution is -2.50. The number of alkyl halides is 3. The average Bonchev–Trinajstić information content (AvgIpc) is 2.63. The van der Waals surface area contributed by atoms with Gasteiger partial charge in [-0.05, 0) is 24.3 Å². The summed E-state index contributed by atoms with van der Waals surface area (Å²) < 4.78 is 56.7. The van der Waals surface area contributed by atoms with Crippen LogP contribution in [0.15, 0.2) is 24.3 Å². The van der Waals surface area contributed by atoms with Crippen LogP contribution in [0, 0.1) is 5.41 Å². The zero-order chi connectivity index (χ0) is 21.9. The normalized spacial score (nSPS) is 23.9. The van der Waals surface area contributed by atoms with E-state index < -0.39 is 35.1 Å². The first-order valence-electron chi connectivity index (χ1n) is 8.51. The third-order valence-corrected chi connectivity index (χ3v) is 6.00. The van der Waals surface area contributed by atoms with E-state index in [2.05, 4.69) is 10.1 Å². The topological polar surface area (TPSA) is 100 Å². The van der Waals surface area contributed by atoms with E-state index in [1.54, 1.807) is 13.8 Å². The van der Waals surface area contributed by atoms with Gasteiger partial charge in [-0.2, -0.15) is 8.78 Å². The number of carbonyl (C=O) groups is 2. The first-order valence-corrected chi connectivity index (χ1v) is 11.0. The van der Waals surface area contributed by atoms with E-state index in [1.165, 1.54) is 19.2 Å². The Morgan fingerprint density at radius 2 is 1.97 bits per heavy atom. The zero-order valence-corrected chi connectivity index (χ0v) is 19.0. The number of phosphoric ester groups is 1. The van der Waals surface area contributed by atoms with E-state index >= 15 is 0 Å². The Morgan fingerprint density at radius 3 is 2.52 bits per heavy atom. The van der Waals surface area contributed by atoms with Crippen molar-refractivity contribution in [2.75, 3.05) is 20.3 Å². The van der Waals surface area contributed by atoms with Gasteiger partial charge < -0.3 is 14.6 Å². The number of phosphoric acid groups is 1. The highest BCUT2D eigenvalue weighted by atomic mass is 127. The summed E-state index contributed by atoms with van der Waals surface area (Å²) in [5.74, 6) is -1.10. The van der Waals surface area contributed by atoms with Gasteiger partial charge in [0, 0.05) is 40.1 Å². The van der Waals surface area contributed by atoms with E-state index in [1.807, 2.05) is 0 Å². The monoisotopic (exact) mass is 547 g/mol. The van der Waals surface area contributed by atoms with Gasteiger partial charge in [0.15, 0.2) is 6.10 Å². The van der Waals surface area contributed by atoms with Crippen molar-refractivity contribution in [3.8, 4) is 5.75 Å². The second kappa shape index (κ2) is 9.23. The third kappa shape index (κ3) is 6.59. The summed E-state index contributed by atoms with van der Waals surface area (Å²) in [4.78, 5) is 23.6. The number of carbonyl (C=O) groups excluding carboxylic acids is 2. The summed E-state index contributed by atoms with van der Waals surface area (Å²) in [6.07, 6.45) is -1.22. The first kappa shape index (κ1) is 24.0. The molecule has 0 aromatic heterocycles. The van der Waals surface area contributed by atoms with E-state index in [4.69, 9.17) is 13.6 Å². The predicted octanol–water partition coefficient (Wildman–Crippen LogP) is 3.78. The van der Waals surface area contributed by atoms with E-state index in [0.29, 0.717) is 0 Å². The van der Waals surface area contributed by atoms with Gasteiger partial charge in [0.1, 0.15) is 5.75 Å². The highest BCUT2D eigenvalue weighted by Crippen LogP contribution is 2.57. The second-order valence-electron chi connectivity index (χ2n) is 6.93. The number of rotatable bonds is 7. The molecule has 12 heteroatoms. The Bertz CT molecular complexity index is 798. The van der Waals surface area contributed by atoms with Crippen molar-refractivity contribution in [1.29, 1.82) is 0 Å². The van der Waals surface area contributed by atoms with Crippen LogP contribution in [0.5, 0.6) is 5.75 Å². The van der Waals surface area contributed by atoms with Crippen molar-refractivity contribution in [3.63, 3.8) is 0 Å². The molecule has 0 saturated carbocycles. The molecule has 1 amide bonds. The van der Waals surface area contributed by atoms with Gasteiger partial charge >= 0.3 is 17.7 Å². The van der Waals surface area contributed by atoms with Crippen LogP contribution < -0.4 is 9.84 Å². The fourth-order valence-electron chi connectivity index (χ4n) is 2.39. The van der Waals surface area contributed by atoms with Crippen LogP contribution in [0.2, 0.25) is 0 Å². The van der Waals surface area contributed by atoms with Crippen LogP contribution in [-0.2, 0) is 31.9 Å². The fraction of sp³-hybridized carbons (Fsp3) is 0.529. The maximum atomic E-state index is 13.3. The molecule has 1 unspecified atom stereocenters. The Kier molecular flexibility index (Phi) is 7.63. The highest BCUT2D eigenvalue weighted by molar-refractivity contribution is 14.1. The summed E-state index contributed by atoms with van der Waals surface area (Å²) >= 11 is 0.991. The molecule has 2 rings (SSSR count). The number of hydrogen-bond donors (Lipinski definition) is 1. The van der Waals surface area contributed by atoms with Crippen molar-refractivity contribution in [1.82, 2.24) is 5.32 Å². The minimum Gasteiger partial charge on any atom is -0.469 e. The molecular weight excluding hydrogens is 526 g/mol. The Labute approximate surface area is 180 Å². The number of amides is 1. The van der Waals surface area contributed by atoms with Crippen molar-refractivity contribution in [2.24, 2.45) is 5.41 Å². The quantitative estimate of drug-likeness (QED) is 0.240. The molecule has 1 N–H and O–H groups in total. The van der Waals surface area contributed by atoms with Crippen LogP contribution in [0.1, 0.15) is 25.8 Å². The minimum atomic E-state index is -4.18. The Balaban J connectivity index is 2.07. The molecule has 1 aliphatic heterocycles. The molecule has 2 atom stereocenters. The van der Waals surface area contributed by atoms with Gasteiger partial charge in [-0.1, -0.05) is 13.8 Å². The smallest absolute Gasteiger partial charge is 0.469 e. The van der Waals surface area contributed by atoms with Gasteiger partial charge in [-0.3, -0.25) is 18.6 Å². The van der Waals surface area contributed by atoms with Gasteiger partial charge in [0.2, 0.25) is 0 Å². The third-order valence-electron chi connectivity index (χ3n) is 4.03. The molecule has 1 aromatic carbocycles. The molecule has 1 fully saturated rings. The number of hydrogen-bond acceptors (Lipinski definition) is 7. The second-order valence-corrected chi connectivity index (χ2v) is 9.83. The molecular formula is C17H21F2INO7P. The largest absolute Gasteiger partial charge is 0.530 e. The lowest BCUT2D eigenvalue weighted by atomic mass is 9.87.